The second kappa shape index (κ2) is 7.98. The average molecular weight is 297 g/mol. The molecular formula is C14H19NO6. The minimum absolute atomic E-state index is 0.203. The Morgan fingerprint density at radius 2 is 1.62 bits per heavy atom. The van der Waals surface area contributed by atoms with Crippen LogP contribution in [0.3, 0.4) is 0 Å². The molecule has 0 aliphatic heterocycles. The quantitative estimate of drug-likeness (QED) is 0.756. The third-order valence-electron chi connectivity index (χ3n) is 2.61. The first-order chi connectivity index (χ1) is 10.1. The maximum Gasteiger partial charge on any atom is 0.338 e. The van der Waals surface area contributed by atoms with Crippen molar-refractivity contribution in [2.75, 3.05) is 34.5 Å². The van der Waals surface area contributed by atoms with Gasteiger partial charge < -0.3 is 24.3 Å². The first-order valence-corrected chi connectivity index (χ1v) is 6.31. The number of carbonyl (C=O) groups is 2. The van der Waals surface area contributed by atoms with Gasteiger partial charge in [0.2, 0.25) is 5.75 Å². The molecule has 116 valence electrons. The molecule has 0 aromatic heterocycles. The van der Waals surface area contributed by atoms with Crippen LogP contribution in [-0.4, -0.2) is 46.4 Å². The lowest BCUT2D eigenvalue weighted by Crippen LogP contribution is -2.28. The van der Waals surface area contributed by atoms with Crippen LogP contribution in [0, 0.1) is 0 Å². The largest absolute Gasteiger partial charge is 0.493 e. The minimum Gasteiger partial charge on any atom is -0.493 e. The highest BCUT2D eigenvalue weighted by atomic mass is 16.5. The van der Waals surface area contributed by atoms with Crippen molar-refractivity contribution in [3.63, 3.8) is 0 Å². The van der Waals surface area contributed by atoms with Crippen LogP contribution in [-0.2, 0) is 9.53 Å². The van der Waals surface area contributed by atoms with Gasteiger partial charge in [0.1, 0.15) is 0 Å². The minimum atomic E-state index is -0.652. The molecule has 1 aromatic rings. The zero-order valence-corrected chi connectivity index (χ0v) is 12.5. The Bertz CT molecular complexity index is 489. The lowest BCUT2D eigenvalue weighted by atomic mass is 10.2. The van der Waals surface area contributed by atoms with E-state index in [1.54, 1.807) is 6.92 Å². The number of methoxy groups -OCH3 is 3. The molecule has 7 nitrogen and oxygen atoms in total. The van der Waals surface area contributed by atoms with Gasteiger partial charge in [-0.1, -0.05) is 0 Å². The van der Waals surface area contributed by atoms with Gasteiger partial charge in [0.25, 0.3) is 5.91 Å². The Morgan fingerprint density at radius 1 is 1.05 bits per heavy atom. The maximum atomic E-state index is 11.9. The predicted molar refractivity (Wildman–Crippen MR) is 75.1 cm³/mol. The van der Waals surface area contributed by atoms with Crippen molar-refractivity contribution >= 4 is 11.9 Å². The maximum absolute atomic E-state index is 11.9. The fourth-order valence-corrected chi connectivity index (χ4v) is 1.66. The SMILES string of the molecule is CCNC(=O)COC(=O)c1cc(OC)c(OC)c(OC)c1. The fourth-order valence-electron chi connectivity index (χ4n) is 1.66. The Morgan fingerprint density at radius 3 is 2.05 bits per heavy atom. The molecule has 21 heavy (non-hydrogen) atoms. The number of hydrogen-bond donors (Lipinski definition) is 1. The molecule has 1 amide bonds. The van der Waals surface area contributed by atoms with Crippen LogP contribution in [0.1, 0.15) is 17.3 Å². The first kappa shape index (κ1) is 16.6. The Kier molecular flexibility index (Phi) is 6.32. The number of ether oxygens (including phenoxy) is 4. The zero-order valence-electron chi connectivity index (χ0n) is 12.5. The summed E-state index contributed by atoms with van der Waals surface area (Å²) in [4.78, 5) is 23.2. The van der Waals surface area contributed by atoms with Gasteiger partial charge >= 0.3 is 5.97 Å². The Balaban J connectivity index is 2.92. The summed E-state index contributed by atoms with van der Waals surface area (Å²) in [5.74, 6) is 0.0303. The molecule has 0 bridgehead atoms. The van der Waals surface area contributed by atoms with Crippen molar-refractivity contribution in [3.05, 3.63) is 17.7 Å². The number of benzene rings is 1. The van der Waals surface area contributed by atoms with Crippen LogP contribution >= 0.6 is 0 Å². The fraction of sp³-hybridized carbons (Fsp3) is 0.429. The number of esters is 1. The van der Waals surface area contributed by atoms with Crippen molar-refractivity contribution < 1.29 is 28.5 Å². The van der Waals surface area contributed by atoms with Gasteiger partial charge in [0.15, 0.2) is 18.1 Å². The van der Waals surface area contributed by atoms with E-state index in [4.69, 9.17) is 18.9 Å². The lowest BCUT2D eigenvalue weighted by molar-refractivity contribution is -0.124. The summed E-state index contributed by atoms with van der Waals surface area (Å²) < 4.78 is 20.4. The second-order valence-corrected chi connectivity index (χ2v) is 3.94. The van der Waals surface area contributed by atoms with Gasteiger partial charge in [0, 0.05) is 6.54 Å². The van der Waals surface area contributed by atoms with E-state index in [9.17, 15) is 9.59 Å². The molecule has 1 N–H and O–H groups in total. The zero-order chi connectivity index (χ0) is 15.8. The topological polar surface area (TPSA) is 83.1 Å². The summed E-state index contributed by atoms with van der Waals surface area (Å²) in [5, 5.41) is 2.53. The predicted octanol–water partition coefficient (Wildman–Crippen LogP) is 1.01. The van der Waals surface area contributed by atoms with Crippen LogP contribution in [0.4, 0.5) is 0 Å². The van der Waals surface area contributed by atoms with Gasteiger partial charge in [-0.2, -0.15) is 0 Å². The number of carbonyl (C=O) groups excluding carboxylic acids is 2. The summed E-state index contributed by atoms with van der Waals surface area (Å²) in [6.07, 6.45) is 0. The third-order valence-corrected chi connectivity index (χ3v) is 2.61. The lowest BCUT2D eigenvalue weighted by Gasteiger charge is -2.13. The van der Waals surface area contributed by atoms with E-state index in [-0.39, 0.29) is 18.1 Å². The van der Waals surface area contributed by atoms with E-state index >= 15 is 0 Å². The standard InChI is InChI=1S/C14H19NO6/c1-5-15-12(16)8-21-14(17)9-6-10(18-2)13(20-4)11(7-9)19-3/h6-7H,5,8H2,1-4H3,(H,15,16). The summed E-state index contributed by atoms with van der Waals surface area (Å²) in [5.41, 5.74) is 0.203. The molecule has 0 unspecified atom stereocenters. The van der Waals surface area contributed by atoms with E-state index in [0.717, 1.165) is 0 Å². The monoisotopic (exact) mass is 297 g/mol. The van der Waals surface area contributed by atoms with E-state index < -0.39 is 5.97 Å². The number of rotatable bonds is 7. The average Bonchev–Trinajstić information content (AvgIpc) is 2.51. The van der Waals surface area contributed by atoms with Gasteiger partial charge in [-0.3, -0.25) is 4.79 Å². The molecule has 0 aliphatic rings. The number of likely N-dealkylation sites (N-methyl/N-ethyl adjacent to an activating group) is 1. The molecule has 0 aliphatic carbocycles. The van der Waals surface area contributed by atoms with Crippen molar-refractivity contribution in [3.8, 4) is 17.2 Å². The highest BCUT2D eigenvalue weighted by molar-refractivity contribution is 5.92. The molecule has 0 spiro atoms. The van der Waals surface area contributed by atoms with Crippen LogP contribution in [0.5, 0.6) is 17.2 Å². The van der Waals surface area contributed by atoms with Crippen molar-refractivity contribution in [2.24, 2.45) is 0 Å². The third kappa shape index (κ3) is 4.27. The van der Waals surface area contributed by atoms with Gasteiger partial charge in [0.05, 0.1) is 26.9 Å². The van der Waals surface area contributed by atoms with Crippen LogP contribution in [0.2, 0.25) is 0 Å². The molecule has 0 atom stereocenters. The number of amides is 1. The van der Waals surface area contributed by atoms with Gasteiger partial charge in [-0.25, -0.2) is 4.79 Å². The molecule has 0 fully saturated rings. The van der Waals surface area contributed by atoms with E-state index in [1.165, 1.54) is 33.5 Å². The van der Waals surface area contributed by atoms with Gasteiger partial charge in [-0.15, -0.1) is 0 Å². The number of hydrogen-bond acceptors (Lipinski definition) is 6. The molecule has 0 radical (unpaired) electrons. The highest BCUT2D eigenvalue weighted by Crippen LogP contribution is 2.38. The summed E-state index contributed by atoms with van der Waals surface area (Å²) in [7, 11) is 4.36. The summed E-state index contributed by atoms with van der Waals surface area (Å²) >= 11 is 0. The Labute approximate surface area is 123 Å². The summed E-state index contributed by atoms with van der Waals surface area (Å²) in [6.45, 7) is 1.91. The van der Waals surface area contributed by atoms with Gasteiger partial charge in [-0.05, 0) is 19.1 Å². The normalized spacial score (nSPS) is 9.71. The number of nitrogens with one attached hydrogen (secondary N) is 1. The van der Waals surface area contributed by atoms with E-state index in [2.05, 4.69) is 5.32 Å². The molecular weight excluding hydrogens is 278 g/mol. The molecule has 1 aromatic carbocycles. The van der Waals surface area contributed by atoms with E-state index in [0.29, 0.717) is 23.8 Å². The Hall–Kier alpha value is -2.44. The highest BCUT2D eigenvalue weighted by Gasteiger charge is 2.18. The van der Waals surface area contributed by atoms with E-state index in [1.807, 2.05) is 0 Å². The van der Waals surface area contributed by atoms with Crippen LogP contribution in [0.25, 0.3) is 0 Å². The van der Waals surface area contributed by atoms with Crippen molar-refractivity contribution in [2.45, 2.75) is 6.92 Å². The van der Waals surface area contributed by atoms with Crippen molar-refractivity contribution in [1.82, 2.24) is 5.32 Å². The molecule has 7 heteroatoms. The first-order valence-electron chi connectivity index (χ1n) is 6.31. The molecule has 0 saturated heterocycles. The smallest absolute Gasteiger partial charge is 0.338 e. The van der Waals surface area contributed by atoms with Crippen molar-refractivity contribution in [1.29, 1.82) is 0 Å². The summed E-state index contributed by atoms with van der Waals surface area (Å²) in [6, 6.07) is 2.92. The molecule has 0 heterocycles. The molecule has 0 saturated carbocycles. The second-order valence-electron chi connectivity index (χ2n) is 3.94. The van der Waals surface area contributed by atoms with Crippen LogP contribution < -0.4 is 19.5 Å². The molecule has 1 rings (SSSR count). The van der Waals surface area contributed by atoms with Crippen LogP contribution in [0.15, 0.2) is 12.1 Å².